The molecular formula is C21H21ClN2O4S. The number of ether oxygens (including phenoxy) is 3. The van der Waals surface area contributed by atoms with E-state index in [9.17, 15) is 4.79 Å². The van der Waals surface area contributed by atoms with Crippen molar-refractivity contribution < 1.29 is 19.0 Å². The molecule has 0 fully saturated rings. The maximum atomic E-state index is 12.7. The lowest BCUT2D eigenvalue weighted by atomic mass is 10.2. The summed E-state index contributed by atoms with van der Waals surface area (Å²) in [6.07, 6.45) is 0. The Morgan fingerprint density at radius 1 is 1.10 bits per heavy atom. The van der Waals surface area contributed by atoms with Gasteiger partial charge in [0, 0.05) is 12.4 Å². The predicted molar refractivity (Wildman–Crippen MR) is 115 cm³/mol. The first-order valence-corrected chi connectivity index (χ1v) is 10.1. The van der Waals surface area contributed by atoms with Gasteiger partial charge in [0.2, 0.25) is 0 Å². The van der Waals surface area contributed by atoms with Gasteiger partial charge in [0.15, 0.2) is 11.5 Å². The van der Waals surface area contributed by atoms with E-state index in [0.29, 0.717) is 46.1 Å². The van der Waals surface area contributed by atoms with E-state index in [1.54, 1.807) is 43.7 Å². The van der Waals surface area contributed by atoms with Crippen molar-refractivity contribution in [1.29, 1.82) is 0 Å². The first kappa shape index (κ1) is 21.0. The molecule has 1 aromatic heterocycles. The lowest BCUT2D eigenvalue weighted by Crippen LogP contribution is -2.31. The number of methoxy groups -OCH3 is 2. The van der Waals surface area contributed by atoms with Crippen LogP contribution < -0.4 is 14.2 Å². The van der Waals surface area contributed by atoms with Gasteiger partial charge in [-0.3, -0.25) is 4.79 Å². The molecule has 0 unspecified atom stereocenters. The number of hydrogen-bond acceptors (Lipinski definition) is 6. The summed E-state index contributed by atoms with van der Waals surface area (Å²) in [7, 11) is 4.87. The van der Waals surface area contributed by atoms with Crippen LogP contribution in [0.25, 0.3) is 10.6 Å². The van der Waals surface area contributed by atoms with Crippen molar-refractivity contribution in [1.82, 2.24) is 9.88 Å². The van der Waals surface area contributed by atoms with Crippen LogP contribution in [-0.4, -0.2) is 50.2 Å². The Balaban J connectivity index is 1.67. The van der Waals surface area contributed by atoms with Gasteiger partial charge in [-0.25, -0.2) is 4.98 Å². The van der Waals surface area contributed by atoms with Crippen molar-refractivity contribution in [3.63, 3.8) is 0 Å². The van der Waals surface area contributed by atoms with E-state index < -0.39 is 0 Å². The van der Waals surface area contributed by atoms with Crippen LogP contribution in [0.5, 0.6) is 17.2 Å². The molecule has 0 saturated heterocycles. The smallest absolute Gasteiger partial charge is 0.273 e. The maximum Gasteiger partial charge on any atom is 0.273 e. The van der Waals surface area contributed by atoms with Gasteiger partial charge in [-0.1, -0.05) is 29.8 Å². The average Bonchev–Trinajstić information content (AvgIpc) is 3.23. The molecular weight excluding hydrogens is 412 g/mol. The van der Waals surface area contributed by atoms with Crippen LogP contribution in [0.1, 0.15) is 10.5 Å². The van der Waals surface area contributed by atoms with Crippen LogP contribution in [0.3, 0.4) is 0 Å². The Kier molecular flexibility index (Phi) is 6.95. The molecule has 0 radical (unpaired) electrons. The minimum Gasteiger partial charge on any atom is -0.493 e. The SMILES string of the molecule is COc1cccc(-c2nc(C(=O)N(C)CCOc3ccccc3Cl)cs2)c1OC. The van der Waals surface area contributed by atoms with E-state index >= 15 is 0 Å². The van der Waals surface area contributed by atoms with Crippen molar-refractivity contribution in [2.75, 3.05) is 34.4 Å². The molecule has 29 heavy (non-hydrogen) atoms. The Labute approximate surface area is 178 Å². The third kappa shape index (κ3) is 4.81. The number of aromatic nitrogens is 1. The topological polar surface area (TPSA) is 60.9 Å². The van der Waals surface area contributed by atoms with E-state index in [-0.39, 0.29) is 5.91 Å². The van der Waals surface area contributed by atoms with Gasteiger partial charge in [-0.05, 0) is 24.3 Å². The molecule has 1 amide bonds. The second-order valence-electron chi connectivity index (χ2n) is 6.08. The number of hydrogen-bond donors (Lipinski definition) is 0. The number of para-hydroxylation sites is 2. The zero-order valence-electron chi connectivity index (χ0n) is 16.3. The van der Waals surface area contributed by atoms with Crippen LogP contribution in [-0.2, 0) is 0 Å². The van der Waals surface area contributed by atoms with Crippen LogP contribution >= 0.6 is 22.9 Å². The zero-order valence-corrected chi connectivity index (χ0v) is 17.9. The van der Waals surface area contributed by atoms with Crippen LogP contribution in [0.4, 0.5) is 0 Å². The monoisotopic (exact) mass is 432 g/mol. The Hall–Kier alpha value is -2.77. The van der Waals surface area contributed by atoms with E-state index in [1.807, 2.05) is 30.3 Å². The van der Waals surface area contributed by atoms with Gasteiger partial charge in [-0.2, -0.15) is 0 Å². The quantitative estimate of drug-likeness (QED) is 0.519. The zero-order chi connectivity index (χ0) is 20.8. The largest absolute Gasteiger partial charge is 0.493 e. The van der Waals surface area contributed by atoms with Gasteiger partial charge in [0.1, 0.15) is 23.1 Å². The molecule has 0 saturated carbocycles. The number of amides is 1. The minimum absolute atomic E-state index is 0.183. The van der Waals surface area contributed by atoms with E-state index in [1.165, 1.54) is 11.3 Å². The molecule has 0 spiro atoms. The van der Waals surface area contributed by atoms with Crippen molar-refractivity contribution in [2.45, 2.75) is 0 Å². The normalized spacial score (nSPS) is 10.5. The summed E-state index contributed by atoms with van der Waals surface area (Å²) in [6.45, 7) is 0.728. The van der Waals surface area contributed by atoms with Crippen molar-refractivity contribution in [2.24, 2.45) is 0 Å². The lowest BCUT2D eigenvalue weighted by Gasteiger charge is -2.16. The highest BCUT2D eigenvalue weighted by Gasteiger charge is 2.19. The second-order valence-corrected chi connectivity index (χ2v) is 7.35. The Morgan fingerprint density at radius 2 is 1.86 bits per heavy atom. The van der Waals surface area contributed by atoms with E-state index in [2.05, 4.69) is 4.98 Å². The second kappa shape index (κ2) is 9.62. The third-order valence-electron chi connectivity index (χ3n) is 4.22. The molecule has 0 aliphatic heterocycles. The molecule has 6 nitrogen and oxygen atoms in total. The van der Waals surface area contributed by atoms with Crippen molar-refractivity contribution in [3.05, 3.63) is 58.6 Å². The molecule has 8 heteroatoms. The number of thiazole rings is 1. The molecule has 1 heterocycles. The van der Waals surface area contributed by atoms with Crippen molar-refractivity contribution >= 4 is 28.8 Å². The number of carbonyl (C=O) groups excluding carboxylic acids is 1. The highest BCUT2D eigenvalue weighted by Crippen LogP contribution is 2.39. The molecule has 0 N–H and O–H groups in total. The maximum absolute atomic E-state index is 12.7. The fraction of sp³-hybridized carbons (Fsp3) is 0.238. The number of benzene rings is 2. The van der Waals surface area contributed by atoms with Gasteiger partial charge < -0.3 is 19.1 Å². The Bertz CT molecular complexity index is 992. The third-order valence-corrected chi connectivity index (χ3v) is 5.41. The summed E-state index contributed by atoms with van der Waals surface area (Å²) in [5.41, 5.74) is 1.15. The average molecular weight is 433 g/mol. The molecule has 0 atom stereocenters. The molecule has 3 rings (SSSR count). The first-order chi connectivity index (χ1) is 14.0. The van der Waals surface area contributed by atoms with Gasteiger partial charge in [0.25, 0.3) is 5.91 Å². The van der Waals surface area contributed by atoms with E-state index in [4.69, 9.17) is 25.8 Å². The highest BCUT2D eigenvalue weighted by atomic mass is 35.5. The minimum atomic E-state index is -0.183. The number of rotatable bonds is 8. The summed E-state index contributed by atoms with van der Waals surface area (Å²) in [5, 5.41) is 2.96. The molecule has 152 valence electrons. The molecule has 3 aromatic rings. The van der Waals surface area contributed by atoms with Crippen molar-refractivity contribution in [3.8, 4) is 27.8 Å². The summed E-state index contributed by atoms with van der Waals surface area (Å²) in [6, 6.07) is 12.8. The van der Waals surface area contributed by atoms with Crippen LogP contribution in [0, 0.1) is 0 Å². The Morgan fingerprint density at radius 3 is 2.59 bits per heavy atom. The van der Waals surface area contributed by atoms with Crippen LogP contribution in [0.15, 0.2) is 47.8 Å². The fourth-order valence-electron chi connectivity index (χ4n) is 2.70. The highest BCUT2D eigenvalue weighted by molar-refractivity contribution is 7.13. The molecule has 2 aromatic carbocycles. The first-order valence-electron chi connectivity index (χ1n) is 8.84. The van der Waals surface area contributed by atoms with Crippen LogP contribution in [0.2, 0.25) is 5.02 Å². The number of halogens is 1. The number of nitrogens with zero attached hydrogens (tertiary/aromatic N) is 2. The van der Waals surface area contributed by atoms with E-state index in [0.717, 1.165) is 5.56 Å². The van der Waals surface area contributed by atoms with Gasteiger partial charge in [-0.15, -0.1) is 11.3 Å². The van der Waals surface area contributed by atoms with Gasteiger partial charge in [0.05, 0.1) is 31.4 Å². The summed E-state index contributed by atoms with van der Waals surface area (Å²) < 4.78 is 16.4. The molecule has 0 aliphatic rings. The predicted octanol–water partition coefficient (Wildman–Crippen LogP) is 4.63. The van der Waals surface area contributed by atoms with Gasteiger partial charge >= 0.3 is 0 Å². The standard InChI is InChI=1S/C21H21ClN2O4S/c1-24(11-12-28-17-9-5-4-8-15(17)22)21(25)16-13-29-20(23-16)14-7-6-10-18(26-2)19(14)27-3/h4-10,13H,11-12H2,1-3H3. The number of likely N-dealkylation sites (N-methyl/N-ethyl adjacent to an activating group) is 1. The lowest BCUT2D eigenvalue weighted by molar-refractivity contribution is 0.0769. The summed E-state index contributed by atoms with van der Waals surface area (Å²) in [5.74, 6) is 1.61. The molecule has 0 aliphatic carbocycles. The number of carbonyl (C=O) groups is 1. The fourth-order valence-corrected chi connectivity index (χ4v) is 3.71. The summed E-state index contributed by atoms with van der Waals surface area (Å²) >= 11 is 7.45. The summed E-state index contributed by atoms with van der Waals surface area (Å²) in [4.78, 5) is 18.8. The molecule has 0 bridgehead atoms.